The third-order valence-corrected chi connectivity index (χ3v) is 3.24. The van der Waals surface area contributed by atoms with Crippen LogP contribution in [0.4, 0.5) is 19.0 Å². The lowest BCUT2D eigenvalue weighted by Crippen LogP contribution is -2.36. The maximum Gasteiger partial charge on any atom is 0.405 e. The van der Waals surface area contributed by atoms with Crippen LogP contribution in [0.1, 0.15) is 24.1 Å². The summed E-state index contributed by atoms with van der Waals surface area (Å²) in [6, 6.07) is 3.34. The lowest BCUT2D eigenvalue weighted by atomic mass is 10.2. The number of hydrogen-bond donors (Lipinski definition) is 0. The van der Waals surface area contributed by atoms with Crippen molar-refractivity contribution in [1.82, 2.24) is 4.98 Å². The average molecular weight is 279 g/mol. The first-order chi connectivity index (χ1) is 8.40. The van der Waals surface area contributed by atoms with E-state index in [1.165, 1.54) is 4.90 Å². The van der Waals surface area contributed by atoms with Gasteiger partial charge in [-0.15, -0.1) is 11.6 Å². The minimum absolute atomic E-state index is 0.0274. The fourth-order valence-electron chi connectivity index (χ4n) is 1.85. The third kappa shape index (κ3) is 3.28. The van der Waals surface area contributed by atoms with E-state index in [0.717, 1.165) is 18.4 Å². The molecule has 0 saturated heterocycles. The van der Waals surface area contributed by atoms with Crippen LogP contribution in [0.3, 0.4) is 0 Å². The Morgan fingerprint density at radius 1 is 1.39 bits per heavy atom. The highest BCUT2D eigenvalue weighted by atomic mass is 35.5. The number of nitrogens with zero attached hydrogens (tertiary/aromatic N) is 2. The summed E-state index contributed by atoms with van der Waals surface area (Å²) in [5.41, 5.74) is 1.54. The van der Waals surface area contributed by atoms with Gasteiger partial charge >= 0.3 is 6.18 Å². The molecule has 1 saturated carbocycles. The number of aromatic nitrogens is 1. The van der Waals surface area contributed by atoms with Gasteiger partial charge in [-0.05, 0) is 31.4 Å². The molecule has 0 amide bonds. The Morgan fingerprint density at radius 2 is 2.06 bits per heavy atom. The molecule has 2 rings (SSSR count). The number of alkyl halides is 4. The van der Waals surface area contributed by atoms with Gasteiger partial charge in [0.15, 0.2) is 0 Å². The molecule has 100 valence electrons. The van der Waals surface area contributed by atoms with Crippen molar-refractivity contribution in [3.05, 3.63) is 23.4 Å². The van der Waals surface area contributed by atoms with Crippen LogP contribution in [0.5, 0.6) is 0 Å². The Labute approximate surface area is 109 Å². The maximum atomic E-state index is 12.5. The minimum Gasteiger partial charge on any atom is -0.345 e. The lowest BCUT2D eigenvalue weighted by molar-refractivity contribution is -0.120. The quantitative estimate of drug-likeness (QED) is 0.782. The second kappa shape index (κ2) is 4.96. The lowest BCUT2D eigenvalue weighted by Gasteiger charge is -2.25. The number of rotatable bonds is 4. The molecular weight excluding hydrogens is 265 g/mol. The van der Waals surface area contributed by atoms with Crippen LogP contribution in [-0.4, -0.2) is 23.7 Å². The van der Waals surface area contributed by atoms with Gasteiger partial charge in [0, 0.05) is 17.6 Å². The zero-order chi connectivity index (χ0) is 13.3. The average Bonchev–Trinajstić information content (AvgIpc) is 3.08. The Balaban J connectivity index is 2.23. The highest BCUT2D eigenvalue weighted by Gasteiger charge is 2.38. The smallest absolute Gasteiger partial charge is 0.345 e. The molecule has 0 radical (unpaired) electrons. The van der Waals surface area contributed by atoms with Gasteiger partial charge in [-0.2, -0.15) is 13.2 Å². The number of anilines is 1. The van der Waals surface area contributed by atoms with Crippen LogP contribution in [0.15, 0.2) is 12.1 Å². The van der Waals surface area contributed by atoms with Gasteiger partial charge in [0.05, 0.1) is 0 Å². The highest BCUT2D eigenvalue weighted by Crippen LogP contribution is 2.33. The van der Waals surface area contributed by atoms with Crippen molar-refractivity contribution in [3.8, 4) is 0 Å². The van der Waals surface area contributed by atoms with Gasteiger partial charge in [-0.3, -0.25) is 0 Å². The van der Waals surface area contributed by atoms with Crippen LogP contribution in [0.25, 0.3) is 0 Å². The van der Waals surface area contributed by atoms with E-state index in [2.05, 4.69) is 4.98 Å². The number of aryl methyl sites for hydroxylation is 1. The fraction of sp³-hybridized carbons (Fsp3) is 0.583. The third-order valence-electron chi connectivity index (χ3n) is 2.96. The topological polar surface area (TPSA) is 16.1 Å². The van der Waals surface area contributed by atoms with E-state index < -0.39 is 12.7 Å². The van der Waals surface area contributed by atoms with Crippen LogP contribution in [0.2, 0.25) is 0 Å². The summed E-state index contributed by atoms with van der Waals surface area (Å²) in [4.78, 5) is 5.57. The van der Waals surface area contributed by atoms with Crippen LogP contribution < -0.4 is 4.90 Å². The first-order valence-corrected chi connectivity index (χ1v) is 6.30. The van der Waals surface area contributed by atoms with E-state index in [4.69, 9.17) is 11.6 Å². The molecule has 18 heavy (non-hydrogen) atoms. The molecule has 0 aromatic carbocycles. The zero-order valence-corrected chi connectivity index (χ0v) is 10.7. The second-order valence-electron chi connectivity index (χ2n) is 4.52. The second-order valence-corrected chi connectivity index (χ2v) is 4.79. The number of halogens is 4. The summed E-state index contributed by atoms with van der Waals surface area (Å²) >= 11 is 5.71. The largest absolute Gasteiger partial charge is 0.405 e. The van der Waals surface area contributed by atoms with Crippen molar-refractivity contribution < 1.29 is 13.2 Å². The number of hydrogen-bond acceptors (Lipinski definition) is 2. The van der Waals surface area contributed by atoms with Crippen molar-refractivity contribution >= 4 is 17.4 Å². The SMILES string of the molecule is Cc1nc(N(CC(F)(F)F)C2CC2)ccc1CCl. The predicted molar refractivity (Wildman–Crippen MR) is 65.0 cm³/mol. The Bertz CT molecular complexity index is 430. The molecule has 0 spiro atoms. The minimum atomic E-state index is -4.21. The standard InChI is InChI=1S/C12H14ClF3N2/c1-8-9(6-13)2-5-11(17-8)18(10-3-4-10)7-12(14,15)16/h2,5,10H,3-4,6-7H2,1H3. The normalized spacial score (nSPS) is 15.8. The molecule has 1 fully saturated rings. The monoisotopic (exact) mass is 278 g/mol. The van der Waals surface area contributed by atoms with E-state index in [-0.39, 0.29) is 6.04 Å². The van der Waals surface area contributed by atoms with E-state index in [9.17, 15) is 13.2 Å². The van der Waals surface area contributed by atoms with Gasteiger partial charge in [0.25, 0.3) is 0 Å². The highest BCUT2D eigenvalue weighted by molar-refractivity contribution is 6.17. The summed E-state index contributed by atoms with van der Waals surface area (Å²) in [6.07, 6.45) is -2.61. The van der Waals surface area contributed by atoms with Crippen molar-refractivity contribution in [2.75, 3.05) is 11.4 Å². The molecule has 0 aliphatic heterocycles. The molecule has 0 atom stereocenters. The van der Waals surface area contributed by atoms with Gasteiger partial charge in [0.1, 0.15) is 12.4 Å². The van der Waals surface area contributed by atoms with Crippen molar-refractivity contribution in [3.63, 3.8) is 0 Å². The summed E-state index contributed by atoms with van der Waals surface area (Å²) in [6.45, 7) is 0.824. The van der Waals surface area contributed by atoms with Crippen molar-refractivity contribution in [2.45, 2.75) is 37.9 Å². The van der Waals surface area contributed by atoms with Gasteiger partial charge in [-0.1, -0.05) is 6.07 Å². The van der Waals surface area contributed by atoms with E-state index in [1.54, 1.807) is 19.1 Å². The molecule has 2 nitrogen and oxygen atoms in total. The predicted octanol–water partition coefficient (Wildman–Crippen LogP) is 3.66. The van der Waals surface area contributed by atoms with E-state index >= 15 is 0 Å². The molecule has 6 heteroatoms. The molecule has 1 aliphatic carbocycles. The molecule has 1 aromatic rings. The van der Waals surface area contributed by atoms with Crippen LogP contribution >= 0.6 is 11.6 Å². The van der Waals surface area contributed by atoms with Crippen LogP contribution in [0, 0.1) is 6.92 Å². The van der Waals surface area contributed by atoms with Crippen molar-refractivity contribution in [1.29, 1.82) is 0 Å². The summed E-state index contributed by atoms with van der Waals surface area (Å²) in [7, 11) is 0. The van der Waals surface area contributed by atoms with Gasteiger partial charge < -0.3 is 4.90 Å². The summed E-state index contributed by atoms with van der Waals surface area (Å²) in [5.74, 6) is 0.711. The molecule has 0 unspecified atom stereocenters. The molecule has 0 bridgehead atoms. The molecule has 1 aromatic heterocycles. The van der Waals surface area contributed by atoms with Crippen LogP contribution in [-0.2, 0) is 5.88 Å². The molecule has 1 heterocycles. The van der Waals surface area contributed by atoms with Gasteiger partial charge in [-0.25, -0.2) is 4.98 Å². The Morgan fingerprint density at radius 3 is 2.50 bits per heavy atom. The molecule has 0 N–H and O–H groups in total. The molecule has 1 aliphatic rings. The van der Waals surface area contributed by atoms with Crippen molar-refractivity contribution in [2.24, 2.45) is 0 Å². The maximum absolute atomic E-state index is 12.5. The first kappa shape index (κ1) is 13.5. The Kier molecular flexibility index (Phi) is 3.71. The van der Waals surface area contributed by atoms with Gasteiger partial charge in [0.2, 0.25) is 0 Å². The Hall–Kier alpha value is -0.970. The fourth-order valence-corrected chi connectivity index (χ4v) is 2.14. The summed E-state index contributed by atoms with van der Waals surface area (Å²) in [5, 5.41) is 0. The van der Waals surface area contributed by atoms with E-state index in [1.807, 2.05) is 0 Å². The summed E-state index contributed by atoms with van der Waals surface area (Å²) < 4.78 is 37.6. The first-order valence-electron chi connectivity index (χ1n) is 5.76. The zero-order valence-electron chi connectivity index (χ0n) is 9.97. The molecular formula is C12H14ClF3N2. The number of pyridine rings is 1. The van der Waals surface area contributed by atoms with E-state index in [0.29, 0.717) is 17.4 Å².